The minimum absolute atomic E-state index is 0.0533. The summed E-state index contributed by atoms with van der Waals surface area (Å²) in [6.07, 6.45) is 1.21. The van der Waals surface area contributed by atoms with Gasteiger partial charge in [-0.1, -0.05) is 23.8 Å². The number of hydrogen-bond acceptors (Lipinski definition) is 2. The van der Waals surface area contributed by atoms with Gasteiger partial charge in [0.05, 0.1) is 6.04 Å². The normalized spacial score (nSPS) is 19.8. The highest BCUT2D eigenvalue weighted by Crippen LogP contribution is 2.34. The maximum Gasteiger partial charge on any atom is 0.229 e. The molecular formula is C14H17NO2. The van der Waals surface area contributed by atoms with E-state index in [9.17, 15) is 9.59 Å². The Balaban J connectivity index is 2.39. The number of imide groups is 1. The van der Waals surface area contributed by atoms with Crippen LogP contribution in [0.1, 0.15) is 42.5 Å². The Labute approximate surface area is 101 Å². The van der Waals surface area contributed by atoms with Crippen LogP contribution in [0.5, 0.6) is 0 Å². The van der Waals surface area contributed by atoms with Crippen molar-refractivity contribution in [3.8, 4) is 0 Å². The van der Waals surface area contributed by atoms with Crippen LogP contribution in [-0.4, -0.2) is 16.7 Å². The summed E-state index contributed by atoms with van der Waals surface area (Å²) in [4.78, 5) is 24.6. The molecule has 0 N–H and O–H groups in total. The number of benzene rings is 1. The third-order valence-electron chi connectivity index (χ3n) is 3.34. The number of aryl methyl sites for hydroxylation is 2. The van der Waals surface area contributed by atoms with Crippen molar-refractivity contribution in [3.05, 3.63) is 34.9 Å². The monoisotopic (exact) mass is 231 g/mol. The fourth-order valence-electron chi connectivity index (χ4n) is 2.57. The second-order valence-corrected chi connectivity index (χ2v) is 4.70. The zero-order chi connectivity index (χ0) is 12.6. The maximum atomic E-state index is 11.7. The van der Waals surface area contributed by atoms with E-state index in [4.69, 9.17) is 0 Å². The van der Waals surface area contributed by atoms with E-state index >= 15 is 0 Å². The summed E-state index contributed by atoms with van der Waals surface area (Å²) in [5, 5.41) is 0. The highest BCUT2D eigenvalue weighted by atomic mass is 16.2. The number of amides is 2. The number of rotatable bonds is 1. The smallest absolute Gasteiger partial charge is 0.229 e. The van der Waals surface area contributed by atoms with Crippen molar-refractivity contribution in [1.82, 2.24) is 4.90 Å². The van der Waals surface area contributed by atoms with Gasteiger partial charge in [-0.05, 0) is 31.4 Å². The molecule has 0 radical (unpaired) electrons. The Morgan fingerprint density at radius 1 is 1.35 bits per heavy atom. The lowest BCUT2D eigenvalue weighted by atomic mass is 9.97. The Morgan fingerprint density at radius 2 is 2.06 bits per heavy atom. The molecular weight excluding hydrogens is 214 g/mol. The van der Waals surface area contributed by atoms with Gasteiger partial charge in [0, 0.05) is 13.3 Å². The van der Waals surface area contributed by atoms with E-state index in [0.717, 1.165) is 17.5 Å². The van der Waals surface area contributed by atoms with E-state index in [-0.39, 0.29) is 17.9 Å². The van der Waals surface area contributed by atoms with Gasteiger partial charge in [-0.3, -0.25) is 14.5 Å². The molecule has 1 aromatic rings. The molecule has 2 amide bonds. The van der Waals surface area contributed by atoms with Crippen LogP contribution in [0, 0.1) is 13.8 Å². The zero-order valence-corrected chi connectivity index (χ0v) is 10.5. The third-order valence-corrected chi connectivity index (χ3v) is 3.34. The Kier molecular flexibility index (Phi) is 3.01. The predicted octanol–water partition coefficient (Wildman–Crippen LogP) is 2.51. The van der Waals surface area contributed by atoms with Crippen molar-refractivity contribution >= 4 is 11.8 Å². The average molecular weight is 231 g/mol. The third kappa shape index (κ3) is 2.09. The largest absolute Gasteiger partial charge is 0.275 e. The first-order valence-electron chi connectivity index (χ1n) is 5.90. The molecule has 1 aromatic carbocycles. The van der Waals surface area contributed by atoms with Crippen LogP contribution in [0.2, 0.25) is 0 Å². The van der Waals surface area contributed by atoms with Crippen LogP contribution in [0.3, 0.4) is 0 Å². The lowest BCUT2D eigenvalue weighted by Crippen LogP contribution is -2.32. The minimum atomic E-state index is -0.155. The summed E-state index contributed by atoms with van der Waals surface area (Å²) in [5.41, 5.74) is 3.44. The average Bonchev–Trinajstić information content (AvgIpc) is 2.60. The first-order chi connectivity index (χ1) is 8.00. The van der Waals surface area contributed by atoms with Gasteiger partial charge in [0.15, 0.2) is 0 Å². The molecule has 0 saturated carbocycles. The van der Waals surface area contributed by atoms with Crippen molar-refractivity contribution < 1.29 is 9.59 Å². The molecule has 1 unspecified atom stereocenters. The second-order valence-electron chi connectivity index (χ2n) is 4.70. The molecule has 1 aliphatic rings. The van der Waals surface area contributed by atoms with Crippen molar-refractivity contribution in [1.29, 1.82) is 0 Å². The Morgan fingerprint density at radius 3 is 2.65 bits per heavy atom. The molecule has 2 rings (SSSR count). The standard InChI is InChI=1S/C14H17NO2/c1-9-4-5-12(10(2)8-9)13-6-7-14(17)15(13)11(3)16/h4-5,8,13H,6-7H2,1-3H3. The molecule has 1 fully saturated rings. The lowest BCUT2D eigenvalue weighted by molar-refractivity contribution is -0.142. The van der Waals surface area contributed by atoms with E-state index in [1.54, 1.807) is 0 Å². The first-order valence-corrected chi connectivity index (χ1v) is 5.90. The summed E-state index contributed by atoms with van der Waals surface area (Å²) < 4.78 is 0. The van der Waals surface area contributed by atoms with Crippen LogP contribution < -0.4 is 0 Å². The number of nitrogens with zero attached hydrogens (tertiary/aromatic N) is 1. The van der Waals surface area contributed by atoms with Crippen LogP contribution in [0.25, 0.3) is 0 Å². The van der Waals surface area contributed by atoms with Crippen molar-refractivity contribution in [3.63, 3.8) is 0 Å². The topological polar surface area (TPSA) is 37.4 Å². The van der Waals surface area contributed by atoms with Gasteiger partial charge < -0.3 is 0 Å². The van der Waals surface area contributed by atoms with Crippen molar-refractivity contribution in [2.24, 2.45) is 0 Å². The molecule has 0 bridgehead atoms. The van der Waals surface area contributed by atoms with Gasteiger partial charge in [0.2, 0.25) is 11.8 Å². The van der Waals surface area contributed by atoms with Gasteiger partial charge in [-0.15, -0.1) is 0 Å². The number of carbonyl (C=O) groups is 2. The maximum absolute atomic E-state index is 11.7. The van der Waals surface area contributed by atoms with Gasteiger partial charge in [-0.25, -0.2) is 0 Å². The summed E-state index contributed by atoms with van der Waals surface area (Å²) in [6.45, 7) is 5.53. The lowest BCUT2D eigenvalue weighted by Gasteiger charge is -2.23. The first kappa shape index (κ1) is 11.8. The molecule has 1 saturated heterocycles. The number of hydrogen-bond donors (Lipinski definition) is 0. The fourth-order valence-corrected chi connectivity index (χ4v) is 2.57. The highest BCUT2D eigenvalue weighted by molar-refractivity contribution is 5.96. The molecule has 1 heterocycles. The van der Waals surface area contributed by atoms with E-state index in [2.05, 4.69) is 6.07 Å². The molecule has 1 aliphatic heterocycles. The summed E-state index contributed by atoms with van der Waals surface area (Å²) in [7, 11) is 0. The number of likely N-dealkylation sites (tertiary alicyclic amines) is 1. The molecule has 3 nitrogen and oxygen atoms in total. The van der Waals surface area contributed by atoms with E-state index in [0.29, 0.717) is 6.42 Å². The molecule has 0 spiro atoms. The van der Waals surface area contributed by atoms with Gasteiger partial charge in [0.25, 0.3) is 0 Å². The highest BCUT2D eigenvalue weighted by Gasteiger charge is 2.35. The van der Waals surface area contributed by atoms with E-state index in [1.807, 2.05) is 26.0 Å². The van der Waals surface area contributed by atoms with Gasteiger partial charge >= 0.3 is 0 Å². The predicted molar refractivity (Wildman–Crippen MR) is 65.4 cm³/mol. The number of carbonyl (C=O) groups excluding carboxylic acids is 2. The SMILES string of the molecule is CC(=O)N1C(=O)CCC1c1ccc(C)cc1C. The fraction of sp³-hybridized carbons (Fsp3) is 0.429. The summed E-state index contributed by atoms with van der Waals surface area (Å²) in [5.74, 6) is -0.208. The summed E-state index contributed by atoms with van der Waals surface area (Å²) in [6, 6.07) is 6.09. The molecule has 0 aromatic heterocycles. The molecule has 3 heteroatoms. The van der Waals surface area contributed by atoms with Crippen LogP contribution in [0.15, 0.2) is 18.2 Å². The quantitative estimate of drug-likeness (QED) is 0.744. The molecule has 17 heavy (non-hydrogen) atoms. The zero-order valence-electron chi connectivity index (χ0n) is 10.5. The second kappa shape index (κ2) is 4.32. The van der Waals surface area contributed by atoms with E-state index in [1.165, 1.54) is 17.4 Å². The van der Waals surface area contributed by atoms with Crippen LogP contribution in [-0.2, 0) is 9.59 Å². The van der Waals surface area contributed by atoms with Crippen LogP contribution >= 0.6 is 0 Å². The van der Waals surface area contributed by atoms with Gasteiger partial charge in [0.1, 0.15) is 0 Å². The summed E-state index contributed by atoms with van der Waals surface area (Å²) >= 11 is 0. The molecule has 90 valence electrons. The van der Waals surface area contributed by atoms with Gasteiger partial charge in [-0.2, -0.15) is 0 Å². The Bertz CT molecular complexity index is 479. The van der Waals surface area contributed by atoms with E-state index < -0.39 is 0 Å². The van der Waals surface area contributed by atoms with Crippen LogP contribution in [0.4, 0.5) is 0 Å². The Hall–Kier alpha value is -1.64. The van der Waals surface area contributed by atoms with Crippen molar-refractivity contribution in [2.75, 3.05) is 0 Å². The molecule has 1 atom stereocenters. The molecule has 0 aliphatic carbocycles. The minimum Gasteiger partial charge on any atom is -0.275 e. The van der Waals surface area contributed by atoms with Crippen molar-refractivity contribution in [2.45, 2.75) is 39.7 Å².